The largest absolute Gasteiger partial charge is 0.497 e. The molecule has 3 heterocycles. The van der Waals surface area contributed by atoms with Crippen LogP contribution in [0, 0.1) is 11.8 Å². The molecule has 2 amide bonds. The number of Topliss-reactive ketones (excluding diaryl/α,β-unsaturated/α-hetero) is 1. The minimum Gasteiger partial charge on any atom is -0.497 e. The molecule has 162 valence electrons. The fourth-order valence-electron chi connectivity index (χ4n) is 5.39. The van der Waals surface area contributed by atoms with E-state index in [-0.39, 0.29) is 30.2 Å². The maximum Gasteiger partial charge on any atom is 0.236 e. The molecule has 0 bridgehead atoms. The summed E-state index contributed by atoms with van der Waals surface area (Å²) in [5.41, 5.74) is 3.43. The molecule has 2 aromatic carbocycles. The topological polar surface area (TPSA) is 66.9 Å². The number of methoxy groups -OCH3 is 1. The minimum absolute atomic E-state index is 0.153. The SMILES string of the molecule is C=CCN1C(=O)[C@H]2[C@H](C1=O)[C@H](C(=O)c1ccc(OC)cc1)N1c3ccccc3C(C)=C[C@H]21. The summed E-state index contributed by atoms with van der Waals surface area (Å²) in [7, 11) is 1.57. The van der Waals surface area contributed by atoms with E-state index in [1.807, 2.05) is 42.2 Å². The van der Waals surface area contributed by atoms with Crippen molar-refractivity contribution in [1.29, 1.82) is 0 Å². The predicted octanol–water partition coefficient (Wildman–Crippen LogP) is 3.34. The zero-order chi connectivity index (χ0) is 22.6. The van der Waals surface area contributed by atoms with Crippen LogP contribution in [0.2, 0.25) is 0 Å². The van der Waals surface area contributed by atoms with E-state index in [1.165, 1.54) is 4.90 Å². The summed E-state index contributed by atoms with van der Waals surface area (Å²) < 4.78 is 5.22. The van der Waals surface area contributed by atoms with Crippen LogP contribution in [-0.4, -0.2) is 48.2 Å². The van der Waals surface area contributed by atoms with E-state index in [4.69, 9.17) is 4.74 Å². The van der Waals surface area contributed by atoms with Crippen LogP contribution in [0.25, 0.3) is 5.57 Å². The number of ketones is 1. The Bertz CT molecular complexity index is 1170. The number of imide groups is 1. The van der Waals surface area contributed by atoms with Gasteiger partial charge in [-0.05, 0) is 42.8 Å². The standard InChI is InChI=1S/C26H24N2O4/c1-4-13-27-25(30)21-20-14-15(2)18-7-5-6-8-19(18)28(20)23(22(21)26(27)31)24(29)16-9-11-17(32-3)12-10-16/h4-12,14,20-23H,1,13H2,2-3H3/t20-,21-,22+,23-/m1/s1. The molecule has 0 unspecified atom stereocenters. The van der Waals surface area contributed by atoms with Gasteiger partial charge in [-0.1, -0.05) is 30.4 Å². The predicted molar refractivity (Wildman–Crippen MR) is 121 cm³/mol. The monoisotopic (exact) mass is 428 g/mol. The van der Waals surface area contributed by atoms with Crippen molar-refractivity contribution in [2.45, 2.75) is 19.0 Å². The van der Waals surface area contributed by atoms with E-state index in [2.05, 4.69) is 6.58 Å². The summed E-state index contributed by atoms with van der Waals surface area (Å²) >= 11 is 0. The number of para-hydroxylation sites is 1. The molecule has 0 aromatic heterocycles. The Morgan fingerprint density at radius 2 is 1.75 bits per heavy atom. The average Bonchev–Trinajstić information content (AvgIpc) is 3.27. The molecule has 0 radical (unpaired) electrons. The molecule has 0 saturated carbocycles. The minimum atomic E-state index is -0.768. The van der Waals surface area contributed by atoms with Crippen molar-refractivity contribution in [3.8, 4) is 5.75 Å². The van der Waals surface area contributed by atoms with Crippen LogP contribution in [0.3, 0.4) is 0 Å². The lowest BCUT2D eigenvalue weighted by atomic mass is 9.85. The lowest BCUT2D eigenvalue weighted by molar-refractivity contribution is -0.139. The second-order valence-corrected chi connectivity index (χ2v) is 8.43. The Morgan fingerprint density at radius 3 is 2.44 bits per heavy atom. The highest BCUT2D eigenvalue weighted by molar-refractivity contribution is 6.14. The quantitative estimate of drug-likeness (QED) is 0.415. The van der Waals surface area contributed by atoms with Gasteiger partial charge in [-0.2, -0.15) is 0 Å². The maximum atomic E-state index is 13.8. The van der Waals surface area contributed by atoms with Crippen molar-refractivity contribution in [2.75, 3.05) is 18.6 Å². The molecule has 6 heteroatoms. The molecule has 3 aliphatic heterocycles. The Kier molecular flexibility index (Phi) is 4.73. The molecule has 2 aromatic rings. The molecule has 2 saturated heterocycles. The lowest BCUT2D eigenvalue weighted by Crippen LogP contribution is -2.49. The van der Waals surface area contributed by atoms with Gasteiger partial charge in [-0.25, -0.2) is 0 Å². The molecule has 32 heavy (non-hydrogen) atoms. The zero-order valence-electron chi connectivity index (χ0n) is 18.0. The number of rotatable bonds is 5. The van der Waals surface area contributed by atoms with Gasteiger partial charge in [0.25, 0.3) is 0 Å². The van der Waals surface area contributed by atoms with E-state index in [0.29, 0.717) is 11.3 Å². The van der Waals surface area contributed by atoms with Crippen molar-refractivity contribution in [1.82, 2.24) is 4.90 Å². The van der Waals surface area contributed by atoms with E-state index in [1.54, 1.807) is 37.5 Å². The van der Waals surface area contributed by atoms with Crippen molar-refractivity contribution < 1.29 is 19.1 Å². The van der Waals surface area contributed by atoms with Crippen LogP contribution in [0.4, 0.5) is 5.69 Å². The first-order valence-corrected chi connectivity index (χ1v) is 10.7. The number of carbonyl (C=O) groups is 3. The average molecular weight is 428 g/mol. The summed E-state index contributed by atoms with van der Waals surface area (Å²) in [6.45, 7) is 5.84. The third-order valence-corrected chi connectivity index (χ3v) is 6.80. The van der Waals surface area contributed by atoms with Crippen molar-refractivity contribution >= 4 is 28.9 Å². The number of allylic oxidation sites excluding steroid dienone is 1. The first kappa shape index (κ1) is 20.2. The summed E-state index contributed by atoms with van der Waals surface area (Å²) in [6, 6.07) is 13.6. The zero-order valence-corrected chi connectivity index (χ0v) is 18.0. The van der Waals surface area contributed by atoms with Crippen LogP contribution in [-0.2, 0) is 9.59 Å². The van der Waals surface area contributed by atoms with Gasteiger partial charge < -0.3 is 9.64 Å². The molecule has 4 atom stereocenters. The van der Waals surface area contributed by atoms with Gasteiger partial charge in [0.05, 0.1) is 25.0 Å². The Labute approximate surface area is 186 Å². The highest BCUT2D eigenvalue weighted by Crippen LogP contribution is 2.50. The molecule has 6 nitrogen and oxygen atoms in total. The second kappa shape index (κ2) is 7.48. The van der Waals surface area contributed by atoms with Gasteiger partial charge >= 0.3 is 0 Å². The maximum absolute atomic E-state index is 13.8. The van der Waals surface area contributed by atoms with Crippen LogP contribution >= 0.6 is 0 Å². The molecular weight excluding hydrogens is 404 g/mol. The molecule has 0 spiro atoms. The van der Waals surface area contributed by atoms with Crippen LogP contribution in [0.15, 0.2) is 67.3 Å². The summed E-state index contributed by atoms with van der Waals surface area (Å²) in [5.74, 6) is -1.40. The number of nitrogens with zero attached hydrogens (tertiary/aromatic N) is 2. The molecule has 3 aliphatic rings. The summed E-state index contributed by atoms with van der Waals surface area (Å²) in [6.07, 6.45) is 3.58. The third-order valence-electron chi connectivity index (χ3n) is 6.80. The summed E-state index contributed by atoms with van der Waals surface area (Å²) in [5, 5.41) is 0. The smallest absolute Gasteiger partial charge is 0.236 e. The van der Waals surface area contributed by atoms with Gasteiger partial charge in [0.15, 0.2) is 5.78 Å². The van der Waals surface area contributed by atoms with Crippen molar-refractivity contribution in [2.24, 2.45) is 11.8 Å². The highest BCUT2D eigenvalue weighted by atomic mass is 16.5. The number of ether oxygens (including phenoxy) is 1. The number of hydrogen-bond donors (Lipinski definition) is 0. The van der Waals surface area contributed by atoms with Gasteiger partial charge in [0, 0.05) is 23.4 Å². The number of fused-ring (bicyclic) bond motifs is 5. The van der Waals surface area contributed by atoms with Gasteiger partial charge in [0.2, 0.25) is 11.8 Å². The van der Waals surface area contributed by atoms with E-state index in [9.17, 15) is 14.4 Å². The molecule has 0 aliphatic carbocycles. The molecule has 2 fully saturated rings. The fourth-order valence-corrected chi connectivity index (χ4v) is 5.39. The molecule has 0 N–H and O–H groups in total. The van der Waals surface area contributed by atoms with Crippen molar-refractivity contribution in [3.05, 3.63) is 78.4 Å². The van der Waals surface area contributed by atoms with Crippen LogP contribution in [0.5, 0.6) is 5.75 Å². The lowest BCUT2D eigenvalue weighted by Gasteiger charge is -2.38. The van der Waals surface area contributed by atoms with Gasteiger partial charge in [-0.3, -0.25) is 19.3 Å². The number of carbonyl (C=O) groups excluding carboxylic acids is 3. The Balaban J connectivity index is 1.66. The van der Waals surface area contributed by atoms with Gasteiger partial charge in [0.1, 0.15) is 11.8 Å². The Morgan fingerprint density at radius 1 is 1.06 bits per heavy atom. The fraction of sp³-hybridized carbons (Fsp3) is 0.269. The first-order chi connectivity index (χ1) is 15.5. The van der Waals surface area contributed by atoms with Crippen molar-refractivity contribution in [3.63, 3.8) is 0 Å². The second-order valence-electron chi connectivity index (χ2n) is 8.43. The van der Waals surface area contributed by atoms with Crippen LogP contribution in [0.1, 0.15) is 22.8 Å². The summed E-state index contributed by atoms with van der Waals surface area (Å²) in [4.78, 5) is 43.8. The first-order valence-electron chi connectivity index (χ1n) is 10.7. The number of benzene rings is 2. The Hall–Kier alpha value is -3.67. The van der Waals surface area contributed by atoms with Crippen LogP contribution < -0.4 is 9.64 Å². The highest BCUT2D eigenvalue weighted by Gasteiger charge is 2.64. The van der Waals surface area contributed by atoms with E-state index >= 15 is 0 Å². The number of amides is 2. The molecule has 5 rings (SSSR count). The normalized spacial score (nSPS) is 25.8. The van der Waals surface area contributed by atoms with Gasteiger partial charge in [-0.15, -0.1) is 6.58 Å². The van der Waals surface area contributed by atoms with E-state index < -0.39 is 17.9 Å². The number of likely N-dealkylation sites (tertiary alicyclic amines) is 1. The van der Waals surface area contributed by atoms with E-state index in [0.717, 1.165) is 16.8 Å². The third kappa shape index (κ3) is 2.75. The molecular formula is C26H24N2O4. The number of hydrogen-bond acceptors (Lipinski definition) is 5. The number of anilines is 1.